The van der Waals surface area contributed by atoms with Gasteiger partial charge in [0.15, 0.2) is 0 Å². The van der Waals surface area contributed by atoms with Crippen molar-refractivity contribution in [2.75, 3.05) is 26.2 Å². The minimum Gasteiger partial charge on any atom is -0.374 e. The number of hydrogen-bond donors (Lipinski definition) is 1. The highest BCUT2D eigenvalue weighted by Gasteiger charge is 2.21. The molecule has 0 radical (unpaired) electrons. The Balaban J connectivity index is 1.43. The lowest BCUT2D eigenvalue weighted by Crippen LogP contribution is -2.47. The fourth-order valence-corrected chi connectivity index (χ4v) is 2.74. The normalized spacial score (nSPS) is 17.8. The Hall–Kier alpha value is -2.76. The molecule has 1 aliphatic rings. The smallest absolute Gasteiger partial charge is 0.252 e. The van der Waals surface area contributed by atoms with E-state index in [-0.39, 0.29) is 24.4 Å². The van der Waals surface area contributed by atoms with E-state index in [2.05, 4.69) is 32.4 Å². The molecule has 130 valence electrons. The number of ether oxygens (including phenoxy) is 1. The molecule has 25 heavy (non-hydrogen) atoms. The zero-order chi connectivity index (χ0) is 17.5. The van der Waals surface area contributed by atoms with Crippen LogP contribution in [0, 0.1) is 11.3 Å². The summed E-state index contributed by atoms with van der Waals surface area (Å²) in [6.45, 7) is 3.68. The molecule has 0 bridgehead atoms. The van der Waals surface area contributed by atoms with Gasteiger partial charge in [0.05, 0.1) is 12.7 Å². The summed E-state index contributed by atoms with van der Waals surface area (Å²) in [4.78, 5) is 18.1. The fraction of sp³-hybridized carbons (Fsp3) is 0.412. The Kier molecular flexibility index (Phi) is 5.72. The van der Waals surface area contributed by atoms with Gasteiger partial charge in [0, 0.05) is 26.2 Å². The third kappa shape index (κ3) is 5.11. The molecule has 8 nitrogen and oxygen atoms in total. The number of nitriles is 1. The van der Waals surface area contributed by atoms with Crippen LogP contribution < -0.4 is 5.32 Å². The number of benzene rings is 1. The van der Waals surface area contributed by atoms with Gasteiger partial charge in [0.2, 0.25) is 5.91 Å². The van der Waals surface area contributed by atoms with E-state index in [4.69, 9.17) is 10.00 Å². The van der Waals surface area contributed by atoms with Gasteiger partial charge >= 0.3 is 0 Å². The Bertz CT molecular complexity index is 739. The first-order chi connectivity index (χ1) is 12.2. The lowest BCUT2D eigenvalue weighted by Gasteiger charge is -2.33. The van der Waals surface area contributed by atoms with Crippen LogP contribution in [0.25, 0.3) is 0 Å². The number of carbonyl (C=O) groups is 1. The van der Waals surface area contributed by atoms with Crippen LogP contribution in [0.3, 0.4) is 0 Å². The Morgan fingerprint density at radius 2 is 2.24 bits per heavy atom. The van der Waals surface area contributed by atoms with E-state index < -0.39 is 0 Å². The van der Waals surface area contributed by atoms with Gasteiger partial charge in [0.1, 0.15) is 18.9 Å². The summed E-state index contributed by atoms with van der Waals surface area (Å²) in [6, 6.07) is 12.1. The summed E-state index contributed by atoms with van der Waals surface area (Å²) in [6.07, 6.45) is 1.34. The van der Waals surface area contributed by atoms with Gasteiger partial charge in [-0.3, -0.25) is 9.69 Å². The largest absolute Gasteiger partial charge is 0.374 e. The van der Waals surface area contributed by atoms with Gasteiger partial charge < -0.3 is 10.1 Å². The molecule has 0 unspecified atom stereocenters. The number of nitrogens with zero attached hydrogens (tertiary/aromatic N) is 5. The molecule has 8 heteroatoms. The van der Waals surface area contributed by atoms with Crippen molar-refractivity contribution in [1.82, 2.24) is 25.0 Å². The fourth-order valence-electron chi connectivity index (χ4n) is 2.74. The number of nitrogens with one attached hydrogen (secondary N) is 1. The van der Waals surface area contributed by atoms with E-state index in [1.54, 1.807) is 0 Å². The lowest BCUT2D eigenvalue weighted by molar-refractivity contribution is -0.123. The van der Waals surface area contributed by atoms with Crippen molar-refractivity contribution in [3.8, 4) is 6.07 Å². The third-order valence-electron chi connectivity index (χ3n) is 3.94. The summed E-state index contributed by atoms with van der Waals surface area (Å²) >= 11 is 0. The summed E-state index contributed by atoms with van der Waals surface area (Å²) in [7, 11) is 0. The summed E-state index contributed by atoms with van der Waals surface area (Å²) < 4.78 is 7.08. The number of hydrogen-bond acceptors (Lipinski definition) is 6. The minimum atomic E-state index is -0.182. The SMILES string of the molecule is N#Cc1ncn(CC(=O)NC[C@@H]2CN(Cc3ccccc3)CCO2)n1. The van der Waals surface area contributed by atoms with Gasteiger partial charge in [-0.15, -0.1) is 5.10 Å². The van der Waals surface area contributed by atoms with E-state index in [0.29, 0.717) is 13.2 Å². The van der Waals surface area contributed by atoms with Crippen molar-refractivity contribution in [1.29, 1.82) is 5.26 Å². The van der Waals surface area contributed by atoms with Gasteiger partial charge in [-0.1, -0.05) is 30.3 Å². The first kappa shape index (κ1) is 17.1. The zero-order valence-corrected chi connectivity index (χ0v) is 13.8. The van der Waals surface area contributed by atoms with Crippen molar-refractivity contribution in [2.24, 2.45) is 0 Å². The van der Waals surface area contributed by atoms with E-state index >= 15 is 0 Å². The highest BCUT2D eigenvalue weighted by atomic mass is 16.5. The summed E-state index contributed by atoms with van der Waals surface area (Å²) in [5.74, 6) is -0.127. The van der Waals surface area contributed by atoms with Crippen molar-refractivity contribution in [3.05, 3.63) is 48.0 Å². The molecule has 1 aromatic carbocycles. The maximum Gasteiger partial charge on any atom is 0.252 e. The van der Waals surface area contributed by atoms with Gasteiger partial charge in [-0.2, -0.15) is 5.26 Å². The highest BCUT2D eigenvalue weighted by molar-refractivity contribution is 5.75. The van der Waals surface area contributed by atoms with E-state index in [1.807, 2.05) is 24.3 Å². The van der Waals surface area contributed by atoms with E-state index in [1.165, 1.54) is 16.6 Å². The Morgan fingerprint density at radius 3 is 3.00 bits per heavy atom. The molecule has 0 spiro atoms. The van der Waals surface area contributed by atoms with Crippen LogP contribution in [-0.2, 0) is 22.6 Å². The average molecular weight is 340 g/mol. The monoisotopic (exact) mass is 340 g/mol. The summed E-state index contributed by atoms with van der Waals surface area (Å²) in [5, 5.41) is 15.4. The maximum absolute atomic E-state index is 12.0. The maximum atomic E-state index is 12.0. The highest BCUT2D eigenvalue weighted by Crippen LogP contribution is 2.10. The molecule has 1 aromatic heterocycles. The second-order valence-corrected chi connectivity index (χ2v) is 5.90. The number of rotatable bonds is 6. The minimum absolute atomic E-state index is 0.0353. The number of aromatic nitrogens is 3. The predicted molar refractivity (Wildman–Crippen MR) is 89.2 cm³/mol. The van der Waals surface area contributed by atoms with Crippen molar-refractivity contribution in [2.45, 2.75) is 19.2 Å². The first-order valence-corrected chi connectivity index (χ1v) is 8.17. The van der Waals surface area contributed by atoms with Crippen molar-refractivity contribution >= 4 is 5.91 Å². The molecule has 1 saturated heterocycles. The van der Waals surface area contributed by atoms with Gasteiger partial charge in [0.25, 0.3) is 5.82 Å². The molecular formula is C17H20N6O2. The van der Waals surface area contributed by atoms with E-state index in [9.17, 15) is 4.79 Å². The molecule has 2 heterocycles. The Morgan fingerprint density at radius 1 is 1.40 bits per heavy atom. The standard InChI is InChI=1S/C17H20N6O2/c18-8-16-20-13-23(21-16)12-17(24)19-9-15-11-22(6-7-25-15)10-14-4-2-1-3-5-14/h1-5,13,15H,6-7,9-12H2,(H,19,24)/t15-/m1/s1. The van der Waals surface area contributed by atoms with Gasteiger partial charge in [-0.05, 0) is 5.56 Å². The van der Waals surface area contributed by atoms with Gasteiger partial charge in [-0.25, -0.2) is 9.67 Å². The molecule has 1 amide bonds. The molecule has 2 aromatic rings. The average Bonchev–Trinajstić information content (AvgIpc) is 3.09. The molecule has 1 aliphatic heterocycles. The van der Waals surface area contributed by atoms with Crippen molar-refractivity contribution < 1.29 is 9.53 Å². The second kappa shape index (κ2) is 8.37. The molecule has 0 saturated carbocycles. The second-order valence-electron chi connectivity index (χ2n) is 5.90. The molecule has 1 fully saturated rings. The van der Waals surface area contributed by atoms with Crippen LogP contribution >= 0.6 is 0 Å². The summed E-state index contributed by atoms with van der Waals surface area (Å²) in [5.41, 5.74) is 1.27. The van der Waals surface area contributed by atoms with Crippen LogP contribution in [0.1, 0.15) is 11.4 Å². The van der Waals surface area contributed by atoms with Crippen LogP contribution in [-0.4, -0.2) is 57.9 Å². The van der Waals surface area contributed by atoms with Crippen molar-refractivity contribution in [3.63, 3.8) is 0 Å². The predicted octanol–water partition coefficient (Wildman–Crippen LogP) is 0.167. The molecule has 3 rings (SSSR count). The molecule has 1 N–H and O–H groups in total. The quantitative estimate of drug-likeness (QED) is 0.805. The first-order valence-electron chi connectivity index (χ1n) is 8.17. The molecule has 0 aliphatic carbocycles. The van der Waals surface area contributed by atoms with E-state index in [0.717, 1.165) is 19.6 Å². The third-order valence-corrected chi connectivity index (χ3v) is 3.94. The number of carbonyl (C=O) groups excluding carboxylic acids is 1. The van der Waals surface area contributed by atoms with Crippen LogP contribution in [0.4, 0.5) is 0 Å². The zero-order valence-electron chi connectivity index (χ0n) is 13.8. The Labute approximate surface area is 146 Å². The molecule has 1 atom stereocenters. The topological polar surface area (TPSA) is 96.1 Å². The van der Waals surface area contributed by atoms with Crippen LogP contribution in [0.2, 0.25) is 0 Å². The van der Waals surface area contributed by atoms with Crippen LogP contribution in [0.15, 0.2) is 36.7 Å². The molecular weight excluding hydrogens is 320 g/mol. The van der Waals surface area contributed by atoms with Crippen LogP contribution in [0.5, 0.6) is 0 Å². The number of morpholine rings is 1. The lowest BCUT2D eigenvalue weighted by atomic mass is 10.2. The number of amides is 1.